The zero-order valence-electron chi connectivity index (χ0n) is 24.0. The van der Waals surface area contributed by atoms with Gasteiger partial charge in [0, 0.05) is 21.9 Å². The standard InChI is InChI=1S/C36H33N3O3/c1-6-22-32-24-15-11-12-16-27(24)39-34(32)26(31(33(22)28(40)7-2)23-14-10-9-13-20(23)4)18-21-17-25(21)29-19-36(38-5,35(37)41)30(8-3)42-29/h5,7-16,29-30H,2-3,6,17-19H2,1,4H3,(H2-,37,39,40,41)/p+1/t29-,30?,36-/m1/s1. The summed E-state index contributed by atoms with van der Waals surface area (Å²) >= 11 is 0. The molecule has 2 heterocycles. The van der Waals surface area contributed by atoms with Crippen LogP contribution in [0.3, 0.4) is 0 Å². The number of nitrogens with two attached hydrogens (primary N) is 1. The van der Waals surface area contributed by atoms with Gasteiger partial charge < -0.3 is 15.5 Å². The van der Waals surface area contributed by atoms with Gasteiger partial charge in [-0.15, -0.1) is 6.58 Å². The van der Waals surface area contributed by atoms with Crippen LogP contribution < -0.4 is 5.73 Å². The zero-order valence-corrected chi connectivity index (χ0v) is 24.0. The van der Waals surface area contributed by atoms with Crippen LogP contribution in [0.2, 0.25) is 0 Å². The van der Waals surface area contributed by atoms with Gasteiger partial charge in [-0.05, 0) is 71.7 Å². The highest BCUT2D eigenvalue weighted by molar-refractivity contribution is 6.20. The number of aromatic amines is 1. The van der Waals surface area contributed by atoms with E-state index in [4.69, 9.17) is 17.0 Å². The molecule has 42 heavy (non-hydrogen) atoms. The Morgan fingerprint density at radius 3 is 2.55 bits per heavy atom. The van der Waals surface area contributed by atoms with Crippen LogP contribution in [0.1, 0.15) is 46.8 Å². The molecule has 0 bridgehead atoms. The summed E-state index contributed by atoms with van der Waals surface area (Å²) in [5, 5.41) is 2.17. The number of ketones is 1. The lowest BCUT2D eigenvalue weighted by molar-refractivity contribution is -0.122. The molecule has 1 amide bonds. The molecule has 1 aliphatic carbocycles. The molecule has 2 aliphatic rings. The molecule has 1 aliphatic heterocycles. The summed E-state index contributed by atoms with van der Waals surface area (Å²) in [5.41, 5.74) is 14.6. The number of nitrogens with zero attached hydrogens (tertiary/aromatic N) is 1. The van der Waals surface area contributed by atoms with E-state index in [0.717, 1.165) is 61.6 Å². The molecule has 0 radical (unpaired) electrons. The Morgan fingerprint density at radius 2 is 1.90 bits per heavy atom. The van der Waals surface area contributed by atoms with E-state index in [2.05, 4.69) is 61.1 Å². The predicted octanol–water partition coefficient (Wildman–Crippen LogP) is 7.00. The number of aryl methyl sites for hydroxylation is 2. The molecule has 6 heteroatoms. The van der Waals surface area contributed by atoms with Crippen molar-refractivity contribution in [3.05, 3.63) is 112 Å². The average Bonchev–Trinajstić information content (AvgIpc) is 3.49. The van der Waals surface area contributed by atoms with Crippen LogP contribution >= 0.6 is 0 Å². The third kappa shape index (κ3) is 4.04. The third-order valence-corrected chi connectivity index (χ3v) is 9.02. The van der Waals surface area contributed by atoms with Gasteiger partial charge in [-0.3, -0.25) is 9.59 Å². The van der Waals surface area contributed by atoms with Crippen LogP contribution in [0.25, 0.3) is 37.8 Å². The van der Waals surface area contributed by atoms with E-state index in [1.54, 1.807) is 6.08 Å². The predicted molar refractivity (Wildman–Crippen MR) is 169 cm³/mol. The highest BCUT2D eigenvalue weighted by Crippen LogP contribution is 2.49. The third-order valence-electron chi connectivity index (χ3n) is 9.02. The summed E-state index contributed by atoms with van der Waals surface area (Å²) in [6.07, 6.45) is 4.27. The lowest BCUT2D eigenvalue weighted by Gasteiger charge is -2.21. The van der Waals surface area contributed by atoms with E-state index >= 15 is 0 Å². The Balaban J connectivity index is 1.60. The first-order valence-corrected chi connectivity index (χ1v) is 14.3. The normalized spacial score (nSPS) is 21.5. The van der Waals surface area contributed by atoms with Crippen molar-refractivity contribution in [2.45, 2.75) is 57.3 Å². The Bertz CT molecular complexity index is 1900. The lowest BCUT2D eigenvalue weighted by Crippen LogP contribution is -2.46. The van der Waals surface area contributed by atoms with E-state index in [-0.39, 0.29) is 18.3 Å². The topological polar surface area (TPSA) is 89.5 Å². The van der Waals surface area contributed by atoms with Crippen LogP contribution in [-0.2, 0) is 22.4 Å². The Labute approximate surface area is 245 Å². The molecule has 1 unspecified atom stereocenters. The highest BCUT2D eigenvalue weighted by Gasteiger charge is 2.63. The van der Waals surface area contributed by atoms with E-state index in [9.17, 15) is 9.59 Å². The molecular formula is C36H34N3O3+. The van der Waals surface area contributed by atoms with Crippen LogP contribution in [0.15, 0.2) is 85.0 Å². The monoisotopic (exact) mass is 556 g/mol. The number of ether oxygens (including phenoxy) is 1. The summed E-state index contributed by atoms with van der Waals surface area (Å²) in [7, 11) is 0. The number of hydrogen-bond acceptors (Lipinski definition) is 3. The minimum Gasteiger partial charge on any atom is -0.362 e. The maximum absolute atomic E-state index is 13.7. The number of nitrogens with one attached hydrogen (secondary N) is 1. The largest absolute Gasteiger partial charge is 0.387 e. The van der Waals surface area contributed by atoms with E-state index in [1.165, 1.54) is 11.6 Å². The molecule has 0 saturated carbocycles. The molecule has 1 saturated heterocycles. The van der Waals surface area contributed by atoms with Gasteiger partial charge in [0.25, 0.3) is 6.57 Å². The van der Waals surface area contributed by atoms with E-state index < -0.39 is 17.6 Å². The van der Waals surface area contributed by atoms with Crippen molar-refractivity contribution < 1.29 is 14.3 Å². The second-order valence-electron chi connectivity index (χ2n) is 11.2. The van der Waals surface area contributed by atoms with Crippen molar-refractivity contribution in [3.63, 3.8) is 0 Å². The quantitative estimate of drug-likeness (QED) is 0.132. The van der Waals surface area contributed by atoms with Gasteiger partial charge in [0.05, 0.1) is 18.0 Å². The van der Waals surface area contributed by atoms with Gasteiger partial charge in [0.2, 0.25) is 0 Å². The smallest absolute Gasteiger partial charge is 0.362 e. The van der Waals surface area contributed by atoms with Crippen LogP contribution in [0, 0.1) is 13.5 Å². The number of benzene rings is 3. The van der Waals surface area contributed by atoms with Crippen molar-refractivity contribution in [3.8, 4) is 17.7 Å². The maximum atomic E-state index is 13.7. The number of hydrogen-bond donors (Lipinski definition) is 2. The molecule has 6 rings (SSSR count). The fraction of sp³-hybridized carbons (Fsp3) is 0.250. The van der Waals surface area contributed by atoms with Crippen LogP contribution in [0.5, 0.6) is 0 Å². The number of allylic oxidation sites excluding steroid dienone is 2. The number of carbonyl (C=O) groups excluding carboxylic acids is 2. The van der Waals surface area contributed by atoms with Gasteiger partial charge in [-0.2, -0.15) is 0 Å². The van der Waals surface area contributed by atoms with Crippen molar-refractivity contribution in [1.29, 1.82) is 0 Å². The molecule has 210 valence electrons. The maximum Gasteiger partial charge on any atom is 0.387 e. The van der Waals surface area contributed by atoms with Crippen LogP contribution in [0.4, 0.5) is 0 Å². The summed E-state index contributed by atoms with van der Waals surface area (Å²) in [6.45, 7) is 17.6. The van der Waals surface area contributed by atoms with Crippen molar-refractivity contribution >= 4 is 33.5 Å². The number of carbonyl (C=O) groups is 2. The number of H-pyrrole nitrogens is 1. The number of aromatic nitrogens is 1. The van der Waals surface area contributed by atoms with Crippen molar-refractivity contribution in [2.24, 2.45) is 5.73 Å². The van der Waals surface area contributed by atoms with Crippen molar-refractivity contribution in [1.82, 2.24) is 4.98 Å². The molecule has 3 aromatic carbocycles. The zero-order chi connectivity index (χ0) is 29.8. The number of primary amides is 1. The summed E-state index contributed by atoms with van der Waals surface area (Å²) in [6, 6.07) is 16.4. The lowest BCUT2D eigenvalue weighted by atomic mass is 9.82. The average molecular weight is 557 g/mol. The minimum absolute atomic E-state index is 0.0905. The van der Waals surface area contributed by atoms with E-state index in [0.29, 0.717) is 18.4 Å². The Hall–Kier alpha value is -4.73. The summed E-state index contributed by atoms with van der Waals surface area (Å²) in [4.78, 5) is 33.7. The number of amides is 1. The van der Waals surface area contributed by atoms with Gasteiger partial charge in [-0.25, -0.2) is 0 Å². The molecule has 4 aromatic rings. The Morgan fingerprint density at radius 1 is 1.17 bits per heavy atom. The SMILES string of the molecule is C#[N+][C@]1(C(N)=O)C[C@H](C2=C(Cc3c(-c4ccccc4C)c(C(=O)C=C)c(CC)c4c3[nH]c3ccccc34)C2)OC1C=C. The highest BCUT2D eigenvalue weighted by atomic mass is 16.5. The molecule has 0 spiro atoms. The molecular weight excluding hydrogens is 522 g/mol. The minimum atomic E-state index is -1.34. The summed E-state index contributed by atoms with van der Waals surface area (Å²) in [5.74, 6) is -0.711. The van der Waals surface area contributed by atoms with E-state index in [1.807, 2.05) is 24.3 Å². The van der Waals surface area contributed by atoms with Gasteiger partial charge >= 0.3 is 11.4 Å². The molecule has 6 nitrogen and oxygen atoms in total. The van der Waals surface area contributed by atoms with Gasteiger partial charge in [0.15, 0.2) is 11.9 Å². The first-order valence-electron chi connectivity index (χ1n) is 14.3. The molecule has 3 N–H and O–H groups in total. The van der Waals surface area contributed by atoms with Crippen molar-refractivity contribution in [2.75, 3.05) is 0 Å². The number of fused-ring (bicyclic) bond motifs is 3. The fourth-order valence-electron chi connectivity index (χ4n) is 6.83. The second kappa shape index (κ2) is 10.3. The number of para-hydroxylation sites is 1. The summed E-state index contributed by atoms with van der Waals surface area (Å²) < 4.78 is 6.23. The molecule has 1 aromatic heterocycles. The first-order chi connectivity index (χ1) is 20.3. The Kier molecular flexibility index (Phi) is 6.71. The number of rotatable bonds is 9. The molecule has 1 fully saturated rings. The van der Waals surface area contributed by atoms with Gasteiger partial charge in [-0.1, -0.05) is 72.5 Å². The van der Waals surface area contributed by atoms with Crippen LogP contribution in [-0.4, -0.2) is 34.4 Å². The molecule has 3 atom stereocenters. The van der Waals surface area contributed by atoms with Gasteiger partial charge in [0.1, 0.15) is 0 Å². The fourth-order valence-corrected chi connectivity index (χ4v) is 6.83. The first kappa shape index (κ1) is 27.4. The second-order valence-corrected chi connectivity index (χ2v) is 11.2.